The highest BCUT2D eigenvalue weighted by atomic mass is 16.2. The van der Waals surface area contributed by atoms with Crippen LogP contribution in [0.3, 0.4) is 0 Å². The summed E-state index contributed by atoms with van der Waals surface area (Å²) in [6.07, 6.45) is 7.82. The Bertz CT molecular complexity index is 885. The molecule has 0 aliphatic carbocycles. The minimum atomic E-state index is -0.0444. The van der Waals surface area contributed by atoms with E-state index < -0.39 is 0 Å². The van der Waals surface area contributed by atoms with Crippen LogP contribution in [-0.2, 0) is 4.79 Å². The van der Waals surface area contributed by atoms with Gasteiger partial charge in [0, 0.05) is 23.6 Å². The number of hydrogen-bond acceptors (Lipinski definition) is 3. The maximum absolute atomic E-state index is 12.3. The van der Waals surface area contributed by atoms with Gasteiger partial charge >= 0.3 is 0 Å². The number of imidazole rings is 1. The van der Waals surface area contributed by atoms with Gasteiger partial charge in [0.25, 0.3) is 0 Å². The van der Waals surface area contributed by atoms with Crippen molar-refractivity contribution >= 4 is 22.6 Å². The molecule has 2 N–H and O–H groups in total. The molecule has 3 heterocycles. The number of pyridine rings is 1. The summed E-state index contributed by atoms with van der Waals surface area (Å²) in [4.78, 5) is 24.3. The monoisotopic (exact) mass is 320 g/mol. The summed E-state index contributed by atoms with van der Waals surface area (Å²) in [5.74, 6) is 0.894. The molecule has 5 nitrogen and oxygen atoms in total. The smallest absolute Gasteiger partial charge is 0.232 e. The number of H-pyrrole nitrogens is 1. The summed E-state index contributed by atoms with van der Waals surface area (Å²) >= 11 is 0. The topological polar surface area (TPSA) is 70.7 Å². The Morgan fingerprint density at radius 2 is 2.00 bits per heavy atom. The molecule has 0 spiro atoms. The Hall–Kier alpha value is -2.69. The van der Waals surface area contributed by atoms with E-state index in [4.69, 9.17) is 4.98 Å². The summed E-state index contributed by atoms with van der Waals surface area (Å²) in [5, 5.41) is 3.02. The van der Waals surface area contributed by atoms with Crippen LogP contribution in [0.15, 0.2) is 36.7 Å². The average molecular weight is 320 g/mol. The summed E-state index contributed by atoms with van der Waals surface area (Å²) in [6.45, 7) is 2.18. The van der Waals surface area contributed by atoms with Crippen LogP contribution in [0, 0.1) is 0 Å². The average Bonchev–Trinajstić information content (AvgIpc) is 3.14. The van der Waals surface area contributed by atoms with E-state index in [9.17, 15) is 4.79 Å². The van der Waals surface area contributed by atoms with Gasteiger partial charge in [-0.05, 0) is 36.2 Å². The van der Waals surface area contributed by atoms with Crippen molar-refractivity contribution in [3.8, 4) is 11.4 Å². The van der Waals surface area contributed by atoms with Crippen molar-refractivity contribution in [2.75, 3.05) is 5.32 Å². The number of benzene rings is 1. The van der Waals surface area contributed by atoms with E-state index in [0.29, 0.717) is 0 Å². The molecule has 1 aliphatic heterocycles. The lowest BCUT2D eigenvalue weighted by Gasteiger charge is -2.07. The molecule has 5 heteroatoms. The highest BCUT2D eigenvalue weighted by Crippen LogP contribution is 2.38. The number of carbonyl (C=O) groups excluding carboxylic acids is 1. The quantitative estimate of drug-likeness (QED) is 0.691. The van der Waals surface area contributed by atoms with Crippen molar-refractivity contribution in [1.82, 2.24) is 15.0 Å². The molecule has 0 saturated carbocycles. The lowest BCUT2D eigenvalue weighted by atomic mass is 9.94. The van der Waals surface area contributed by atoms with Gasteiger partial charge in [-0.1, -0.05) is 26.2 Å². The van der Waals surface area contributed by atoms with E-state index >= 15 is 0 Å². The first-order chi connectivity index (χ1) is 11.8. The third-order valence-corrected chi connectivity index (χ3v) is 4.65. The van der Waals surface area contributed by atoms with Crippen molar-refractivity contribution in [2.45, 2.75) is 38.5 Å². The van der Waals surface area contributed by atoms with Gasteiger partial charge in [0.15, 0.2) is 0 Å². The van der Waals surface area contributed by atoms with Crippen LogP contribution in [0.5, 0.6) is 0 Å². The molecular formula is C19H20N4O. The first-order valence-corrected chi connectivity index (χ1v) is 8.51. The minimum Gasteiger partial charge on any atom is -0.338 e. The van der Waals surface area contributed by atoms with E-state index in [1.165, 1.54) is 0 Å². The van der Waals surface area contributed by atoms with Crippen LogP contribution in [0.2, 0.25) is 0 Å². The van der Waals surface area contributed by atoms with Gasteiger partial charge in [-0.25, -0.2) is 4.98 Å². The molecule has 0 fully saturated rings. The second-order valence-corrected chi connectivity index (χ2v) is 6.32. The molecule has 1 aromatic carbocycles. The molecule has 2 aromatic heterocycles. The van der Waals surface area contributed by atoms with Crippen molar-refractivity contribution in [3.05, 3.63) is 42.2 Å². The number of rotatable bonds is 5. The predicted molar refractivity (Wildman–Crippen MR) is 94.8 cm³/mol. The maximum atomic E-state index is 12.3. The number of nitrogens with zero attached hydrogens (tertiary/aromatic N) is 2. The second-order valence-electron chi connectivity index (χ2n) is 6.32. The third-order valence-electron chi connectivity index (χ3n) is 4.65. The largest absolute Gasteiger partial charge is 0.338 e. The number of anilines is 1. The SMILES string of the molecule is CCCCCC1C(=O)Nc2cc3[nH]c(-c4ccncc4)nc3cc21. The summed E-state index contributed by atoms with van der Waals surface area (Å²) in [7, 11) is 0. The molecular weight excluding hydrogens is 300 g/mol. The van der Waals surface area contributed by atoms with Gasteiger partial charge in [0.2, 0.25) is 5.91 Å². The number of fused-ring (bicyclic) bond motifs is 2. The first-order valence-electron chi connectivity index (χ1n) is 8.51. The Morgan fingerprint density at radius 1 is 1.17 bits per heavy atom. The number of hydrogen-bond donors (Lipinski definition) is 2. The number of carbonyl (C=O) groups is 1. The van der Waals surface area contributed by atoms with Gasteiger partial charge in [0.05, 0.1) is 17.0 Å². The third kappa shape index (κ3) is 2.56. The molecule has 1 unspecified atom stereocenters. The molecule has 122 valence electrons. The number of amides is 1. The zero-order chi connectivity index (χ0) is 16.5. The molecule has 0 saturated heterocycles. The van der Waals surface area contributed by atoms with Gasteiger partial charge in [-0.3, -0.25) is 9.78 Å². The van der Waals surface area contributed by atoms with Crippen LogP contribution in [0.1, 0.15) is 44.1 Å². The van der Waals surface area contributed by atoms with E-state index in [1.54, 1.807) is 12.4 Å². The van der Waals surface area contributed by atoms with Gasteiger partial charge in [0.1, 0.15) is 5.82 Å². The summed E-state index contributed by atoms with van der Waals surface area (Å²) in [5.41, 5.74) is 4.84. The summed E-state index contributed by atoms with van der Waals surface area (Å²) < 4.78 is 0. The molecule has 0 radical (unpaired) electrons. The van der Waals surface area contributed by atoms with Crippen molar-refractivity contribution in [2.24, 2.45) is 0 Å². The maximum Gasteiger partial charge on any atom is 0.232 e. The molecule has 4 rings (SSSR count). The molecule has 1 aliphatic rings. The van der Waals surface area contributed by atoms with Crippen molar-refractivity contribution in [1.29, 1.82) is 0 Å². The standard InChI is InChI=1S/C19H20N4O/c1-2-3-4-5-13-14-10-16-17(11-15(14)23-19(13)24)22-18(21-16)12-6-8-20-9-7-12/h6-11,13H,2-5H2,1H3,(H,21,22)(H,23,24). The lowest BCUT2D eigenvalue weighted by molar-refractivity contribution is -0.117. The number of nitrogens with one attached hydrogen (secondary N) is 2. The van der Waals surface area contributed by atoms with Gasteiger partial charge in [-0.2, -0.15) is 0 Å². The zero-order valence-electron chi connectivity index (χ0n) is 13.7. The van der Waals surface area contributed by atoms with Crippen LogP contribution < -0.4 is 5.32 Å². The van der Waals surface area contributed by atoms with Crippen LogP contribution in [-0.4, -0.2) is 20.9 Å². The van der Waals surface area contributed by atoms with E-state index in [0.717, 1.165) is 59.4 Å². The molecule has 24 heavy (non-hydrogen) atoms. The zero-order valence-corrected chi connectivity index (χ0v) is 13.7. The summed E-state index contributed by atoms with van der Waals surface area (Å²) in [6, 6.07) is 7.92. The molecule has 1 atom stereocenters. The van der Waals surface area contributed by atoms with E-state index in [2.05, 4.69) is 28.3 Å². The fraction of sp³-hybridized carbons (Fsp3) is 0.316. The second kappa shape index (κ2) is 6.07. The number of aromatic nitrogens is 3. The van der Waals surface area contributed by atoms with E-state index in [1.807, 2.05) is 18.2 Å². The Kier molecular flexibility index (Phi) is 3.76. The highest BCUT2D eigenvalue weighted by Gasteiger charge is 2.30. The van der Waals surface area contributed by atoms with Crippen LogP contribution >= 0.6 is 0 Å². The van der Waals surface area contributed by atoms with Crippen molar-refractivity contribution < 1.29 is 4.79 Å². The first kappa shape index (κ1) is 14.9. The number of unbranched alkanes of at least 4 members (excludes halogenated alkanes) is 2. The van der Waals surface area contributed by atoms with Crippen molar-refractivity contribution in [3.63, 3.8) is 0 Å². The fourth-order valence-corrected chi connectivity index (χ4v) is 3.36. The fourth-order valence-electron chi connectivity index (χ4n) is 3.36. The molecule has 1 amide bonds. The highest BCUT2D eigenvalue weighted by molar-refractivity contribution is 6.05. The van der Waals surface area contributed by atoms with Gasteiger partial charge < -0.3 is 10.3 Å². The Labute approximate surface area is 140 Å². The number of aromatic amines is 1. The minimum absolute atomic E-state index is 0.0444. The predicted octanol–water partition coefficient (Wildman–Crippen LogP) is 4.24. The normalized spacial score (nSPS) is 16.4. The Morgan fingerprint density at radius 3 is 2.79 bits per heavy atom. The molecule has 0 bridgehead atoms. The van der Waals surface area contributed by atoms with Gasteiger partial charge in [-0.15, -0.1) is 0 Å². The van der Waals surface area contributed by atoms with Crippen LogP contribution in [0.25, 0.3) is 22.4 Å². The van der Waals surface area contributed by atoms with Crippen LogP contribution in [0.4, 0.5) is 5.69 Å². The molecule has 3 aromatic rings. The Balaban J connectivity index is 1.70. The lowest BCUT2D eigenvalue weighted by Crippen LogP contribution is -2.11. The van der Waals surface area contributed by atoms with E-state index in [-0.39, 0.29) is 11.8 Å².